The summed E-state index contributed by atoms with van der Waals surface area (Å²) in [6.45, 7) is 11.0. The molecule has 1 aliphatic rings. The van der Waals surface area contributed by atoms with E-state index in [1.807, 2.05) is 32.0 Å². The third kappa shape index (κ3) is 4.70. The van der Waals surface area contributed by atoms with Crippen LogP contribution in [0, 0.1) is 13.8 Å². The highest BCUT2D eigenvalue weighted by molar-refractivity contribution is 6.46. The number of benzene rings is 2. The first-order chi connectivity index (χ1) is 15.3. The third-order valence-electron chi connectivity index (χ3n) is 6.14. The smallest absolute Gasteiger partial charge is 0.295 e. The summed E-state index contributed by atoms with van der Waals surface area (Å²) in [5.74, 6) is -1.45. The molecule has 0 bridgehead atoms. The van der Waals surface area contributed by atoms with Gasteiger partial charge in [-0.2, -0.15) is 0 Å². The van der Waals surface area contributed by atoms with Crippen molar-refractivity contribution in [1.29, 1.82) is 0 Å². The van der Waals surface area contributed by atoms with E-state index in [-0.39, 0.29) is 17.1 Å². The highest BCUT2D eigenvalue weighted by atomic mass is 16.3. The Morgan fingerprint density at radius 1 is 1.06 bits per heavy atom. The lowest BCUT2D eigenvalue weighted by molar-refractivity contribution is -0.140. The normalized spacial score (nSPS) is 18.0. The fourth-order valence-electron chi connectivity index (χ4n) is 4.29. The predicted molar refractivity (Wildman–Crippen MR) is 125 cm³/mol. The summed E-state index contributed by atoms with van der Waals surface area (Å²) in [6.07, 6.45) is 0.702. The molecule has 1 atom stereocenters. The molecule has 1 amide bonds. The third-order valence-corrected chi connectivity index (χ3v) is 6.14. The number of likely N-dealkylation sites (tertiary alicyclic amines) is 1. The number of nitrogens with zero attached hydrogens (tertiary/aromatic N) is 2. The molecule has 0 saturated carbocycles. The molecular formula is C26H32N2O4. The summed E-state index contributed by atoms with van der Waals surface area (Å²) in [4.78, 5) is 29.9. The molecule has 2 N–H and O–H groups in total. The molecule has 1 aliphatic heterocycles. The van der Waals surface area contributed by atoms with Gasteiger partial charge in [0.05, 0.1) is 11.6 Å². The second-order valence-corrected chi connectivity index (χ2v) is 8.29. The van der Waals surface area contributed by atoms with Crippen molar-refractivity contribution in [2.24, 2.45) is 0 Å². The molecule has 2 aromatic rings. The number of aliphatic hydroxyl groups is 1. The average molecular weight is 437 g/mol. The summed E-state index contributed by atoms with van der Waals surface area (Å²) < 4.78 is 0. The maximum atomic E-state index is 13.1. The number of Topliss-reactive ketones (excluding diaryl/α,β-unsaturated/α-hetero) is 1. The summed E-state index contributed by atoms with van der Waals surface area (Å²) in [6, 6.07) is 11.4. The Kier molecular flexibility index (Phi) is 7.36. The first-order valence-corrected chi connectivity index (χ1v) is 11.2. The van der Waals surface area contributed by atoms with Crippen LogP contribution in [0.4, 0.5) is 0 Å². The number of aromatic hydroxyl groups is 1. The largest absolute Gasteiger partial charge is 0.508 e. The van der Waals surface area contributed by atoms with Crippen molar-refractivity contribution in [3.8, 4) is 5.75 Å². The number of phenols is 1. The molecule has 1 saturated heterocycles. The number of aliphatic hydroxyl groups excluding tert-OH is 1. The van der Waals surface area contributed by atoms with Gasteiger partial charge in [0.15, 0.2) is 0 Å². The lowest BCUT2D eigenvalue weighted by Gasteiger charge is -2.27. The van der Waals surface area contributed by atoms with Crippen molar-refractivity contribution in [2.75, 3.05) is 26.2 Å². The molecule has 6 heteroatoms. The van der Waals surface area contributed by atoms with E-state index in [2.05, 4.69) is 18.7 Å². The molecule has 0 radical (unpaired) electrons. The van der Waals surface area contributed by atoms with Crippen molar-refractivity contribution in [3.63, 3.8) is 0 Å². The number of amides is 1. The lowest BCUT2D eigenvalue weighted by atomic mass is 9.93. The van der Waals surface area contributed by atoms with Gasteiger partial charge in [0, 0.05) is 12.1 Å². The van der Waals surface area contributed by atoms with Crippen LogP contribution in [0.3, 0.4) is 0 Å². The van der Waals surface area contributed by atoms with E-state index in [0.717, 1.165) is 30.8 Å². The van der Waals surface area contributed by atoms with Crippen LogP contribution in [0.25, 0.3) is 5.76 Å². The van der Waals surface area contributed by atoms with Crippen LogP contribution in [-0.2, 0) is 9.59 Å². The average Bonchev–Trinajstić information content (AvgIpc) is 3.03. The number of carbonyl (C=O) groups is 2. The zero-order chi connectivity index (χ0) is 23.4. The number of hydrogen-bond acceptors (Lipinski definition) is 5. The fourth-order valence-corrected chi connectivity index (χ4v) is 4.29. The topological polar surface area (TPSA) is 81.1 Å². The van der Waals surface area contributed by atoms with Gasteiger partial charge in [-0.1, -0.05) is 43.7 Å². The number of carbonyl (C=O) groups excluding carboxylic acids is 2. The summed E-state index contributed by atoms with van der Waals surface area (Å²) in [7, 11) is 0. The Morgan fingerprint density at radius 2 is 1.78 bits per heavy atom. The standard InChI is InChI=1S/C26H32N2O4/c1-5-27(6-2)13-8-14-28-23(19-9-7-10-20(29)16-19)22(25(31)26(28)32)24(30)21-15-17(3)11-12-18(21)4/h7,9-12,15-16,23,29-30H,5-6,8,13-14H2,1-4H3/b24-22+. The van der Waals surface area contributed by atoms with Gasteiger partial charge in [-0.05, 0) is 69.2 Å². The number of phenolic OH excluding ortho intramolecular Hbond substituents is 1. The van der Waals surface area contributed by atoms with Crippen LogP contribution < -0.4 is 0 Å². The second-order valence-electron chi connectivity index (χ2n) is 8.29. The number of ketones is 1. The summed E-state index contributed by atoms with van der Waals surface area (Å²) >= 11 is 0. The fraction of sp³-hybridized carbons (Fsp3) is 0.385. The maximum Gasteiger partial charge on any atom is 0.295 e. The van der Waals surface area contributed by atoms with E-state index in [0.29, 0.717) is 24.1 Å². The highest BCUT2D eigenvalue weighted by Gasteiger charge is 2.46. The summed E-state index contributed by atoms with van der Waals surface area (Å²) in [5, 5.41) is 21.3. The Hall–Kier alpha value is -3.12. The van der Waals surface area contributed by atoms with Crippen LogP contribution in [0.1, 0.15) is 48.6 Å². The number of hydrogen-bond donors (Lipinski definition) is 2. The molecule has 32 heavy (non-hydrogen) atoms. The molecule has 0 aliphatic carbocycles. The molecule has 170 valence electrons. The Balaban J connectivity index is 2.08. The number of aryl methyl sites for hydroxylation is 2. The molecule has 1 unspecified atom stereocenters. The van der Waals surface area contributed by atoms with Gasteiger partial charge in [-0.15, -0.1) is 0 Å². The van der Waals surface area contributed by atoms with Gasteiger partial charge in [0.1, 0.15) is 11.5 Å². The Bertz CT molecular complexity index is 1040. The van der Waals surface area contributed by atoms with Crippen LogP contribution in [0.2, 0.25) is 0 Å². The van der Waals surface area contributed by atoms with Crippen molar-refractivity contribution in [1.82, 2.24) is 9.80 Å². The van der Waals surface area contributed by atoms with E-state index in [4.69, 9.17) is 0 Å². The summed E-state index contributed by atoms with van der Waals surface area (Å²) in [5.41, 5.74) is 2.96. The minimum absolute atomic E-state index is 0.0444. The van der Waals surface area contributed by atoms with Gasteiger partial charge in [0.2, 0.25) is 0 Å². The van der Waals surface area contributed by atoms with Gasteiger partial charge < -0.3 is 20.0 Å². The lowest BCUT2D eigenvalue weighted by Crippen LogP contribution is -2.33. The highest BCUT2D eigenvalue weighted by Crippen LogP contribution is 2.40. The van der Waals surface area contributed by atoms with Crippen molar-refractivity contribution in [2.45, 2.75) is 40.2 Å². The number of rotatable bonds is 8. The van der Waals surface area contributed by atoms with Crippen LogP contribution in [0.5, 0.6) is 5.75 Å². The van der Waals surface area contributed by atoms with E-state index < -0.39 is 17.7 Å². The second kappa shape index (κ2) is 10.0. The molecule has 1 fully saturated rings. The van der Waals surface area contributed by atoms with Crippen molar-refractivity contribution >= 4 is 17.4 Å². The zero-order valence-corrected chi connectivity index (χ0v) is 19.3. The van der Waals surface area contributed by atoms with Crippen LogP contribution >= 0.6 is 0 Å². The molecule has 0 aromatic heterocycles. The minimum Gasteiger partial charge on any atom is -0.508 e. The van der Waals surface area contributed by atoms with Gasteiger partial charge in [-0.3, -0.25) is 9.59 Å². The van der Waals surface area contributed by atoms with Crippen LogP contribution in [0.15, 0.2) is 48.0 Å². The van der Waals surface area contributed by atoms with E-state index in [1.54, 1.807) is 24.3 Å². The molecular weight excluding hydrogens is 404 g/mol. The first kappa shape index (κ1) is 23.5. The minimum atomic E-state index is -0.751. The monoisotopic (exact) mass is 436 g/mol. The predicted octanol–water partition coefficient (Wildman–Crippen LogP) is 4.16. The SMILES string of the molecule is CCN(CC)CCCN1C(=O)C(=O)/C(=C(/O)c2cc(C)ccc2C)C1c1cccc(O)c1. The molecule has 1 heterocycles. The quantitative estimate of drug-likeness (QED) is 0.369. The van der Waals surface area contributed by atoms with Crippen molar-refractivity contribution < 1.29 is 19.8 Å². The van der Waals surface area contributed by atoms with E-state index in [1.165, 1.54) is 4.90 Å². The first-order valence-electron chi connectivity index (χ1n) is 11.2. The van der Waals surface area contributed by atoms with Crippen molar-refractivity contribution in [3.05, 3.63) is 70.3 Å². The Morgan fingerprint density at radius 3 is 2.44 bits per heavy atom. The van der Waals surface area contributed by atoms with Gasteiger partial charge >= 0.3 is 0 Å². The molecule has 2 aromatic carbocycles. The Labute approximate surface area is 189 Å². The molecule has 6 nitrogen and oxygen atoms in total. The molecule has 0 spiro atoms. The molecule has 3 rings (SSSR count). The van der Waals surface area contributed by atoms with E-state index in [9.17, 15) is 19.8 Å². The zero-order valence-electron chi connectivity index (χ0n) is 19.3. The van der Waals surface area contributed by atoms with Gasteiger partial charge in [-0.25, -0.2) is 0 Å². The maximum absolute atomic E-state index is 13.1. The van der Waals surface area contributed by atoms with Gasteiger partial charge in [0.25, 0.3) is 11.7 Å². The van der Waals surface area contributed by atoms with Crippen LogP contribution in [-0.4, -0.2) is 57.9 Å². The van der Waals surface area contributed by atoms with E-state index >= 15 is 0 Å².